The van der Waals surface area contributed by atoms with Crippen molar-refractivity contribution in [3.05, 3.63) is 23.8 Å². The van der Waals surface area contributed by atoms with Crippen LogP contribution in [0.4, 0.5) is 0 Å². The molecule has 1 aliphatic carbocycles. The van der Waals surface area contributed by atoms with Gasteiger partial charge in [0, 0.05) is 17.7 Å². The van der Waals surface area contributed by atoms with Gasteiger partial charge in [0.1, 0.15) is 6.33 Å². The number of nitrogens with zero attached hydrogens (tertiary/aromatic N) is 2. The molecule has 1 saturated carbocycles. The van der Waals surface area contributed by atoms with Gasteiger partial charge in [0.15, 0.2) is 0 Å². The summed E-state index contributed by atoms with van der Waals surface area (Å²) in [5.41, 5.74) is 1.74. The molecule has 4 heteroatoms. The molecule has 0 unspecified atom stereocenters. The van der Waals surface area contributed by atoms with Crippen LogP contribution in [0.2, 0.25) is 0 Å². The minimum Gasteiger partial charge on any atom is -0.481 e. The Morgan fingerprint density at radius 1 is 1.38 bits per heavy atom. The Labute approximate surface area is 94.7 Å². The number of hydrogen-bond acceptors (Lipinski definition) is 3. The fourth-order valence-electron chi connectivity index (χ4n) is 2.41. The Balaban J connectivity index is 2.20. The van der Waals surface area contributed by atoms with E-state index in [0.29, 0.717) is 5.92 Å². The molecular formula is C12H16N2O2. The van der Waals surface area contributed by atoms with Crippen LogP contribution in [0.25, 0.3) is 0 Å². The second-order valence-electron chi connectivity index (χ2n) is 4.34. The van der Waals surface area contributed by atoms with E-state index in [1.54, 1.807) is 6.20 Å². The van der Waals surface area contributed by atoms with E-state index < -0.39 is 5.97 Å². The predicted octanol–water partition coefficient (Wildman–Crippen LogP) is 2.15. The Bertz CT molecular complexity index is 373. The summed E-state index contributed by atoms with van der Waals surface area (Å²) in [6.07, 6.45) is 9.19. The van der Waals surface area contributed by atoms with Crippen LogP contribution in [0.1, 0.15) is 49.3 Å². The molecule has 0 radical (unpaired) electrons. The van der Waals surface area contributed by atoms with E-state index in [-0.39, 0.29) is 6.42 Å². The van der Waals surface area contributed by atoms with Crippen LogP contribution >= 0.6 is 0 Å². The molecule has 0 aliphatic heterocycles. The van der Waals surface area contributed by atoms with Gasteiger partial charge in [-0.1, -0.05) is 19.3 Å². The molecule has 16 heavy (non-hydrogen) atoms. The van der Waals surface area contributed by atoms with E-state index in [9.17, 15) is 4.79 Å². The molecule has 2 rings (SSSR count). The number of carboxylic acids is 1. The second-order valence-corrected chi connectivity index (χ2v) is 4.34. The summed E-state index contributed by atoms with van der Waals surface area (Å²) in [5.74, 6) is -0.377. The zero-order valence-electron chi connectivity index (χ0n) is 9.22. The van der Waals surface area contributed by atoms with Crippen molar-refractivity contribution in [1.29, 1.82) is 0 Å². The van der Waals surface area contributed by atoms with Gasteiger partial charge in [-0.05, 0) is 12.8 Å². The number of carbonyl (C=O) groups is 1. The van der Waals surface area contributed by atoms with Crippen molar-refractivity contribution in [3.63, 3.8) is 0 Å². The monoisotopic (exact) mass is 220 g/mol. The molecule has 1 aliphatic rings. The summed E-state index contributed by atoms with van der Waals surface area (Å²) >= 11 is 0. The van der Waals surface area contributed by atoms with E-state index in [1.165, 1.54) is 25.6 Å². The number of rotatable bonds is 3. The average molecular weight is 220 g/mol. The van der Waals surface area contributed by atoms with Gasteiger partial charge >= 0.3 is 5.97 Å². The number of carboxylic acid groups (broad SMARTS) is 1. The lowest BCUT2D eigenvalue weighted by Gasteiger charge is -2.22. The standard InChI is InChI=1S/C12H16N2O2/c15-11(16)6-10-7-13-8-14-12(10)9-4-2-1-3-5-9/h7-9H,1-6H2,(H,15,16). The van der Waals surface area contributed by atoms with E-state index in [1.807, 2.05) is 0 Å². The molecule has 0 amide bonds. The van der Waals surface area contributed by atoms with Crippen LogP contribution < -0.4 is 0 Å². The highest BCUT2D eigenvalue weighted by atomic mass is 16.4. The van der Waals surface area contributed by atoms with Crippen molar-refractivity contribution in [2.24, 2.45) is 0 Å². The molecule has 1 heterocycles. The molecule has 0 aromatic carbocycles. The average Bonchev–Trinajstić information content (AvgIpc) is 2.30. The zero-order chi connectivity index (χ0) is 11.4. The van der Waals surface area contributed by atoms with Crippen molar-refractivity contribution in [3.8, 4) is 0 Å². The first kappa shape index (κ1) is 11.0. The molecule has 0 atom stereocenters. The Hall–Kier alpha value is -1.45. The maximum Gasteiger partial charge on any atom is 0.307 e. The maximum atomic E-state index is 10.7. The third-order valence-corrected chi connectivity index (χ3v) is 3.16. The zero-order valence-corrected chi connectivity index (χ0v) is 9.22. The van der Waals surface area contributed by atoms with Crippen molar-refractivity contribution >= 4 is 5.97 Å². The number of aromatic nitrogens is 2. The number of aliphatic carboxylic acids is 1. The van der Waals surface area contributed by atoms with Crippen LogP contribution in [0.15, 0.2) is 12.5 Å². The van der Waals surface area contributed by atoms with Crippen LogP contribution in [0.5, 0.6) is 0 Å². The quantitative estimate of drug-likeness (QED) is 0.847. The highest BCUT2D eigenvalue weighted by Gasteiger charge is 2.20. The summed E-state index contributed by atoms with van der Waals surface area (Å²) in [6.45, 7) is 0. The van der Waals surface area contributed by atoms with Crippen LogP contribution in [0.3, 0.4) is 0 Å². The van der Waals surface area contributed by atoms with E-state index in [2.05, 4.69) is 9.97 Å². The van der Waals surface area contributed by atoms with Gasteiger partial charge in [-0.3, -0.25) is 4.79 Å². The molecule has 0 saturated heterocycles. The molecule has 1 fully saturated rings. The fraction of sp³-hybridized carbons (Fsp3) is 0.583. The first-order valence-electron chi connectivity index (χ1n) is 5.78. The minimum atomic E-state index is -0.813. The Morgan fingerprint density at radius 3 is 2.81 bits per heavy atom. The van der Waals surface area contributed by atoms with Crippen LogP contribution in [-0.2, 0) is 11.2 Å². The first-order chi connectivity index (χ1) is 7.77. The largest absolute Gasteiger partial charge is 0.481 e. The molecule has 0 bridgehead atoms. The highest BCUT2D eigenvalue weighted by Crippen LogP contribution is 2.32. The van der Waals surface area contributed by atoms with Crippen molar-refractivity contribution in [1.82, 2.24) is 9.97 Å². The third kappa shape index (κ3) is 2.56. The van der Waals surface area contributed by atoms with Crippen LogP contribution in [0, 0.1) is 0 Å². The molecule has 1 aromatic rings. The van der Waals surface area contributed by atoms with Gasteiger partial charge in [0.2, 0.25) is 0 Å². The molecule has 0 spiro atoms. The maximum absolute atomic E-state index is 10.7. The molecule has 4 nitrogen and oxygen atoms in total. The fourth-order valence-corrected chi connectivity index (χ4v) is 2.41. The predicted molar refractivity (Wildman–Crippen MR) is 59.2 cm³/mol. The van der Waals surface area contributed by atoms with Gasteiger partial charge in [-0.25, -0.2) is 9.97 Å². The summed E-state index contributed by atoms with van der Waals surface area (Å²) in [4.78, 5) is 18.9. The lowest BCUT2D eigenvalue weighted by atomic mass is 9.85. The van der Waals surface area contributed by atoms with Gasteiger partial charge < -0.3 is 5.11 Å². The smallest absolute Gasteiger partial charge is 0.307 e. The highest BCUT2D eigenvalue weighted by molar-refractivity contribution is 5.70. The van der Waals surface area contributed by atoms with Crippen molar-refractivity contribution in [2.75, 3.05) is 0 Å². The van der Waals surface area contributed by atoms with Gasteiger partial charge in [-0.15, -0.1) is 0 Å². The van der Waals surface area contributed by atoms with E-state index in [0.717, 1.165) is 24.1 Å². The van der Waals surface area contributed by atoms with E-state index in [4.69, 9.17) is 5.11 Å². The van der Waals surface area contributed by atoms with Crippen molar-refractivity contribution < 1.29 is 9.90 Å². The lowest BCUT2D eigenvalue weighted by Crippen LogP contribution is -2.12. The molecule has 86 valence electrons. The molecule has 1 N–H and O–H groups in total. The Morgan fingerprint density at radius 2 is 2.12 bits per heavy atom. The topological polar surface area (TPSA) is 63.1 Å². The summed E-state index contributed by atoms with van der Waals surface area (Å²) in [6, 6.07) is 0. The first-order valence-corrected chi connectivity index (χ1v) is 5.78. The van der Waals surface area contributed by atoms with Crippen molar-refractivity contribution in [2.45, 2.75) is 44.4 Å². The lowest BCUT2D eigenvalue weighted by molar-refractivity contribution is -0.136. The summed E-state index contributed by atoms with van der Waals surface area (Å²) in [7, 11) is 0. The molecular weight excluding hydrogens is 204 g/mol. The summed E-state index contributed by atoms with van der Waals surface area (Å²) in [5, 5.41) is 8.83. The van der Waals surface area contributed by atoms with Crippen LogP contribution in [-0.4, -0.2) is 21.0 Å². The summed E-state index contributed by atoms with van der Waals surface area (Å²) < 4.78 is 0. The Kier molecular flexibility index (Phi) is 3.49. The minimum absolute atomic E-state index is 0.0344. The van der Waals surface area contributed by atoms with Gasteiger partial charge in [-0.2, -0.15) is 0 Å². The third-order valence-electron chi connectivity index (χ3n) is 3.16. The van der Waals surface area contributed by atoms with Gasteiger partial charge in [0.05, 0.1) is 12.1 Å². The van der Waals surface area contributed by atoms with Gasteiger partial charge in [0.25, 0.3) is 0 Å². The normalized spacial score (nSPS) is 17.2. The molecule has 1 aromatic heterocycles. The van der Waals surface area contributed by atoms with E-state index >= 15 is 0 Å². The second kappa shape index (κ2) is 5.05. The number of hydrogen-bond donors (Lipinski definition) is 1. The SMILES string of the molecule is O=C(O)Cc1cncnc1C1CCCCC1.